The number of ether oxygens (including phenoxy) is 1. The van der Waals surface area contributed by atoms with Crippen LogP contribution in [0.4, 0.5) is 0 Å². The average molecular weight is 200 g/mol. The van der Waals surface area contributed by atoms with Crippen molar-refractivity contribution in [1.29, 1.82) is 0 Å². The molecule has 0 bridgehead atoms. The van der Waals surface area contributed by atoms with Gasteiger partial charge < -0.3 is 14.0 Å². The van der Waals surface area contributed by atoms with Crippen LogP contribution in [0.1, 0.15) is 12.2 Å². The van der Waals surface area contributed by atoms with Crippen LogP contribution in [0.5, 0.6) is 0 Å². The molecule has 0 spiro atoms. The first-order valence-corrected chi connectivity index (χ1v) is 4.08. The van der Waals surface area contributed by atoms with Crippen molar-refractivity contribution in [3.05, 3.63) is 24.2 Å². The third-order valence-corrected chi connectivity index (χ3v) is 1.45. The topological polar surface area (TPSA) is 86.7 Å². The zero-order valence-electron chi connectivity index (χ0n) is 7.56. The fourth-order valence-corrected chi connectivity index (χ4v) is 0.840. The molecule has 0 amide bonds. The van der Waals surface area contributed by atoms with Crippen LogP contribution >= 0.6 is 0 Å². The highest BCUT2D eigenvalue weighted by molar-refractivity contribution is 5.69. The van der Waals surface area contributed by atoms with Gasteiger partial charge in [-0.2, -0.15) is 0 Å². The minimum Gasteiger partial charge on any atom is -0.467 e. The number of hydrogen-bond acceptors (Lipinski definition) is 6. The number of carbonyl (C=O) groups is 1. The standard InChI is InChI=1S/C8H12N2O4/c9-10-14-8(11)3-5-12-6-7-2-1-4-13-7/h1-2,4,10H,3,5-6,9H2. The summed E-state index contributed by atoms with van der Waals surface area (Å²) < 4.78 is 10.1. The molecular formula is C8H12N2O4. The molecule has 0 aliphatic carbocycles. The van der Waals surface area contributed by atoms with Gasteiger partial charge in [0.05, 0.1) is 19.3 Å². The Morgan fingerprint density at radius 1 is 1.64 bits per heavy atom. The lowest BCUT2D eigenvalue weighted by Crippen LogP contribution is -2.26. The number of nitrogens with two attached hydrogens (primary N) is 1. The number of carbonyl (C=O) groups excluding carboxylic acids is 1. The van der Waals surface area contributed by atoms with Crippen molar-refractivity contribution in [1.82, 2.24) is 5.59 Å². The summed E-state index contributed by atoms with van der Waals surface area (Å²) in [6, 6.07) is 3.56. The molecule has 0 radical (unpaired) electrons. The summed E-state index contributed by atoms with van der Waals surface area (Å²) in [4.78, 5) is 15.0. The van der Waals surface area contributed by atoms with Crippen LogP contribution in [-0.4, -0.2) is 12.6 Å². The van der Waals surface area contributed by atoms with Crippen molar-refractivity contribution in [2.24, 2.45) is 5.84 Å². The van der Waals surface area contributed by atoms with Crippen molar-refractivity contribution < 1.29 is 18.8 Å². The molecule has 1 aromatic heterocycles. The first-order valence-electron chi connectivity index (χ1n) is 4.08. The second kappa shape index (κ2) is 6.14. The van der Waals surface area contributed by atoms with Gasteiger partial charge in [0.15, 0.2) is 0 Å². The van der Waals surface area contributed by atoms with Gasteiger partial charge in [-0.15, -0.1) is 0 Å². The maximum Gasteiger partial charge on any atom is 0.328 e. The molecule has 1 aromatic rings. The van der Waals surface area contributed by atoms with Gasteiger partial charge in [-0.25, -0.2) is 5.84 Å². The Kier molecular flexibility index (Phi) is 4.70. The SMILES string of the molecule is NNOC(=O)CCOCc1ccco1. The second-order valence-corrected chi connectivity index (χ2v) is 2.47. The molecule has 1 rings (SSSR count). The van der Waals surface area contributed by atoms with Gasteiger partial charge in [-0.3, -0.25) is 4.79 Å². The van der Waals surface area contributed by atoms with E-state index in [4.69, 9.17) is 15.0 Å². The van der Waals surface area contributed by atoms with Gasteiger partial charge in [0.25, 0.3) is 0 Å². The molecular weight excluding hydrogens is 188 g/mol. The number of furan rings is 1. The summed E-state index contributed by atoms with van der Waals surface area (Å²) in [5.74, 6) is 5.01. The second-order valence-electron chi connectivity index (χ2n) is 2.47. The third kappa shape index (κ3) is 4.04. The number of nitrogens with one attached hydrogen (secondary N) is 1. The molecule has 6 heteroatoms. The molecule has 6 nitrogen and oxygen atoms in total. The normalized spacial score (nSPS) is 10.1. The minimum absolute atomic E-state index is 0.144. The van der Waals surface area contributed by atoms with Crippen molar-refractivity contribution in [2.75, 3.05) is 6.61 Å². The summed E-state index contributed by atoms with van der Waals surface area (Å²) in [6.45, 7) is 0.609. The summed E-state index contributed by atoms with van der Waals surface area (Å²) in [7, 11) is 0. The van der Waals surface area contributed by atoms with E-state index in [1.165, 1.54) is 0 Å². The van der Waals surface area contributed by atoms with Crippen molar-refractivity contribution in [3.63, 3.8) is 0 Å². The third-order valence-electron chi connectivity index (χ3n) is 1.45. The lowest BCUT2D eigenvalue weighted by Gasteiger charge is -2.01. The minimum atomic E-state index is -0.466. The van der Waals surface area contributed by atoms with E-state index in [0.717, 1.165) is 5.76 Å². The molecule has 3 N–H and O–H groups in total. The molecule has 14 heavy (non-hydrogen) atoms. The van der Waals surface area contributed by atoms with Crippen LogP contribution < -0.4 is 11.4 Å². The van der Waals surface area contributed by atoms with E-state index in [0.29, 0.717) is 6.61 Å². The number of rotatable bonds is 6. The molecule has 78 valence electrons. The van der Waals surface area contributed by atoms with Crippen LogP contribution in [0.15, 0.2) is 22.8 Å². The van der Waals surface area contributed by atoms with E-state index < -0.39 is 5.97 Å². The fraction of sp³-hybridized carbons (Fsp3) is 0.375. The fourth-order valence-electron chi connectivity index (χ4n) is 0.840. The van der Waals surface area contributed by atoms with Crippen LogP contribution in [0.3, 0.4) is 0 Å². The van der Waals surface area contributed by atoms with Gasteiger partial charge >= 0.3 is 5.97 Å². The van der Waals surface area contributed by atoms with E-state index in [2.05, 4.69) is 4.84 Å². The Labute approximate surface area is 80.9 Å². The first kappa shape index (κ1) is 10.7. The maximum absolute atomic E-state index is 10.7. The number of hydrogen-bond donors (Lipinski definition) is 2. The average Bonchev–Trinajstić information content (AvgIpc) is 2.65. The highest BCUT2D eigenvalue weighted by Gasteiger charge is 2.02. The molecule has 0 aliphatic rings. The summed E-state index contributed by atoms with van der Waals surface area (Å²) in [5.41, 5.74) is 1.80. The Morgan fingerprint density at radius 2 is 2.50 bits per heavy atom. The molecule has 1 heterocycles. The van der Waals surface area contributed by atoms with E-state index in [1.54, 1.807) is 24.0 Å². The van der Waals surface area contributed by atoms with E-state index in [-0.39, 0.29) is 13.0 Å². The molecule has 0 unspecified atom stereocenters. The molecule has 0 aliphatic heterocycles. The van der Waals surface area contributed by atoms with Gasteiger partial charge in [0.1, 0.15) is 12.4 Å². The maximum atomic E-state index is 10.7. The van der Waals surface area contributed by atoms with Crippen LogP contribution in [0.2, 0.25) is 0 Å². The summed E-state index contributed by atoms with van der Waals surface area (Å²) in [5, 5.41) is 0. The molecule has 0 aromatic carbocycles. The molecule has 0 fully saturated rings. The van der Waals surface area contributed by atoms with Crippen LogP contribution in [0.25, 0.3) is 0 Å². The van der Waals surface area contributed by atoms with Crippen molar-refractivity contribution >= 4 is 5.97 Å². The van der Waals surface area contributed by atoms with Crippen LogP contribution in [0, 0.1) is 0 Å². The smallest absolute Gasteiger partial charge is 0.328 e. The lowest BCUT2D eigenvalue weighted by molar-refractivity contribution is -0.152. The summed E-state index contributed by atoms with van der Waals surface area (Å²) >= 11 is 0. The summed E-state index contributed by atoms with van der Waals surface area (Å²) in [6.07, 6.45) is 1.70. The van der Waals surface area contributed by atoms with Gasteiger partial charge in [-0.05, 0) is 12.1 Å². The Bertz CT molecular complexity index is 260. The molecule has 0 saturated carbocycles. The predicted molar refractivity (Wildman–Crippen MR) is 46.4 cm³/mol. The zero-order chi connectivity index (χ0) is 10.2. The highest BCUT2D eigenvalue weighted by atomic mass is 16.7. The monoisotopic (exact) mass is 200 g/mol. The largest absolute Gasteiger partial charge is 0.467 e. The quantitative estimate of drug-likeness (QED) is 0.385. The van der Waals surface area contributed by atoms with Crippen LogP contribution in [-0.2, 0) is 21.0 Å². The Hall–Kier alpha value is -1.37. The molecule has 0 saturated heterocycles. The van der Waals surface area contributed by atoms with E-state index >= 15 is 0 Å². The predicted octanol–water partition coefficient (Wildman–Crippen LogP) is 0.108. The van der Waals surface area contributed by atoms with Gasteiger partial charge in [0, 0.05) is 0 Å². The van der Waals surface area contributed by atoms with Gasteiger partial charge in [0.2, 0.25) is 0 Å². The van der Waals surface area contributed by atoms with Crippen molar-refractivity contribution in [2.45, 2.75) is 13.0 Å². The number of hydrazine groups is 1. The Morgan fingerprint density at radius 3 is 3.14 bits per heavy atom. The van der Waals surface area contributed by atoms with E-state index in [9.17, 15) is 4.79 Å². The highest BCUT2D eigenvalue weighted by Crippen LogP contribution is 2.01. The Balaban J connectivity index is 2.02. The first-order chi connectivity index (χ1) is 6.83. The zero-order valence-corrected chi connectivity index (χ0v) is 7.56. The van der Waals surface area contributed by atoms with E-state index in [1.807, 2.05) is 0 Å². The van der Waals surface area contributed by atoms with Gasteiger partial charge in [-0.1, -0.05) is 5.59 Å². The van der Waals surface area contributed by atoms with Crippen molar-refractivity contribution in [3.8, 4) is 0 Å². The lowest BCUT2D eigenvalue weighted by atomic mass is 10.4. The molecule has 0 atom stereocenters.